The second-order valence-corrected chi connectivity index (χ2v) is 8.92. The fourth-order valence-corrected chi connectivity index (χ4v) is 4.32. The molecule has 0 saturated heterocycles. The van der Waals surface area contributed by atoms with Gasteiger partial charge in [0.25, 0.3) is 5.91 Å². The summed E-state index contributed by atoms with van der Waals surface area (Å²) in [6.07, 6.45) is 3.81. The summed E-state index contributed by atoms with van der Waals surface area (Å²) in [6, 6.07) is 7.28. The summed E-state index contributed by atoms with van der Waals surface area (Å²) in [7, 11) is 3.02. The highest BCUT2D eigenvalue weighted by Gasteiger charge is 2.32. The summed E-state index contributed by atoms with van der Waals surface area (Å²) >= 11 is 0. The molecule has 3 amide bonds. The SMILES string of the molecule is C=CCc1cc(/C=N\NC(=O)COc2ccc([C@@H]3NC(=O)NC(C)=C3C(=O)OCC)cc2OC)cc(OCC)c1OC. The van der Waals surface area contributed by atoms with Crippen LogP contribution in [0.1, 0.15) is 43.5 Å². The molecule has 3 rings (SSSR count). The average Bonchev–Trinajstić information content (AvgIpc) is 2.96. The summed E-state index contributed by atoms with van der Waals surface area (Å²) in [6.45, 7) is 9.27. The molecule has 12 heteroatoms. The Balaban J connectivity index is 1.70. The van der Waals surface area contributed by atoms with Crippen molar-refractivity contribution in [3.05, 3.63) is 70.9 Å². The van der Waals surface area contributed by atoms with Gasteiger partial charge in [-0.2, -0.15) is 5.10 Å². The normalized spacial score (nSPS) is 14.5. The number of carbonyl (C=O) groups is 3. The lowest BCUT2D eigenvalue weighted by Crippen LogP contribution is -2.45. The Bertz CT molecular complexity index is 1390. The van der Waals surface area contributed by atoms with Crippen LogP contribution in [0, 0.1) is 0 Å². The Morgan fingerprint density at radius 2 is 1.83 bits per heavy atom. The lowest BCUT2D eigenvalue weighted by molar-refractivity contribution is -0.139. The first-order valence-electron chi connectivity index (χ1n) is 13.3. The Hall–Kier alpha value is -5.00. The molecule has 42 heavy (non-hydrogen) atoms. The number of nitrogens with zero attached hydrogens (tertiary/aromatic N) is 1. The van der Waals surface area contributed by atoms with Gasteiger partial charge in [0, 0.05) is 11.3 Å². The van der Waals surface area contributed by atoms with Crippen molar-refractivity contribution < 1.29 is 38.1 Å². The van der Waals surface area contributed by atoms with Crippen molar-refractivity contribution >= 4 is 24.1 Å². The minimum atomic E-state index is -0.772. The van der Waals surface area contributed by atoms with Gasteiger partial charge in [0.1, 0.15) is 0 Å². The van der Waals surface area contributed by atoms with E-state index in [0.29, 0.717) is 47.1 Å². The zero-order chi connectivity index (χ0) is 30.6. The van der Waals surface area contributed by atoms with E-state index in [1.807, 2.05) is 13.0 Å². The highest BCUT2D eigenvalue weighted by Crippen LogP contribution is 2.35. The summed E-state index contributed by atoms with van der Waals surface area (Å²) in [5.74, 6) is 0.714. The number of esters is 1. The molecule has 0 spiro atoms. The van der Waals surface area contributed by atoms with Crippen LogP contribution in [-0.4, -0.2) is 58.2 Å². The van der Waals surface area contributed by atoms with Gasteiger partial charge in [-0.15, -0.1) is 6.58 Å². The monoisotopic (exact) mass is 580 g/mol. The van der Waals surface area contributed by atoms with Gasteiger partial charge in [-0.05, 0) is 62.6 Å². The van der Waals surface area contributed by atoms with E-state index in [1.54, 1.807) is 51.3 Å². The molecular formula is C30H36N4O8. The van der Waals surface area contributed by atoms with Gasteiger partial charge in [0.15, 0.2) is 29.6 Å². The van der Waals surface area contributed by atoms with E-state index in [1.165, 1.54) is 13.3 Å². The zero-order valence-electron chi connectivity index (χ0n) is 24.4. The number of hydrogen-bond acceptors (Lipinski definition) is 9. The van der Waals surface area contributed by atoms with Crippen LogP contribution in [0.2, 0.25) is 0 Å². The molecule has 0 bridgehead atoms. The first-order valence-corrected chi connectivity index (χ1v) is 13.3. The predicted molar refractivity (Wildman–Crippen MR) is 156 cm³/mol. The number of hydrogen-bond donors (Lipinski definition) is 3. The maximum absolute atomic E-state index is 12.6. The third-order valence-electron chi connectivity index (χ3n) is 6.07. The van der Waals surface area contributed by atoms with E-state index in [9.17, 15) is 14.4 Å². The number of rotatable bonds is 14. The molecule has 0 radical (unpaired) electrons. The van der Waals surface area contributed by atoms with E-state index >= 15 is 0 Å². The second kappa shape index (κ2) is 15.1. The van der Waals surface area contributed by atoms with Gasteiger partial charge < -0.3 is 34.3 Å². The Morgan fingerprint density at radius 3 is 2.50 bits per heavy atom. The number of methoxy groups -OCH3 is 2. The smallest absolute Gasteiger partial charge is 0.338 e. The molecule has 0 saturated carbocycles. The molecule has 0 fully saturated rings. The molecule has 2 aromatic rings. The summed E-state index contributed by atoms with van der Waals surface area (Å²) in [5, 5.41) is 9.35. The van der Waals surface area contributed by atoms with Gasteiger partial charge in [-0.1, -0.05) is 12.1 Å². The molecule has 1 aliphatic heterocycles. The number of ether oxygens (including phenoxy) is 5. The van der Waals surface area contributed by atoms with Gasteiger partial charge in [0.2, 0.25) is 0 Å². The maximum atomic E-state index is 12.6. The van der Waals surface area contributed by atoms with Crippen molar-refractivity contribution in [2.24, 2.45) is 5.10 Å². The van der Waals surface area contributed by atoms with Crippen molar-refractivity contribution in [3.8, 4) is 23.0 Å². The third kappa shape index (κ3) is 7.80. The summed E-state index contributed by atoms with van der Waals surface area (Å²) < 4.78 is 27.5. The van der Waals surface area contributed by atoms with Crippen LogP contribution < -0.4 is 35.0 Å². The molecule has 0 aliphatic carbocycles. The van der Waals surface area contributed by atoms with E-state index in [-0.39, 0.29) is 24.5 Å². The molecule has 1 aliphatic rings. The Kier molecular flexibility index (Phi) is 11.4. The number of amides is 3. The van der Waals surface area contributed by atoms with Crippen LogP contribution >= 0.6 is 0 Å². The lowest BCUT2D eigenvalue weighted by atomic mass is 9.95. The van der Waals surface area contributed by atoms with E-state index in [4.69, 9.17) is 23.7 Å². The van der Waals surface area contributed by atoms with Crippen molar-refractivity contribution in [2.45, 2.75) is 33.2 Å². The van der Waals surface area contributed by atoms with E-state index < -0.39 is 23.9 Å². The number of urea groups is 1. The number of carbonyl (C=O) groups excluding carboxylic acids is 3. The third-order valence-corrected chi connectivity index (χ3v) is 6.07. The molecule has 2 aromatic carbocycles. The van der Waals surface area contributed by atoms with Crippen molar-refractivity contribution in [1.82, 2.24) is 16.1 Å². The average molecular weight is 581 g/mol. The van der Waals surface area contributed by atoms with Crippen molar-refractivity contribution in [3.63, 3.8) is 0 Å². The topological polar surface area (TPSA) is 146 Å². The minimum absolute atomic E-state index is 0.184. The Labute approximate surface area is 244 Å². The highest BCUT2D eigenvalue weighted by atomic mass is 16.5. The maximum Gasteiger partial charge on any atom is 0.338 e. The first kappa shape index (κ1) is 31.5. The van der Waals surface area contributed by atoms with Gasteiger partial charge in [-0.3, -0.25) is 4.79 Å². The van der Waals surface area contributed by atoms with Crippen LogP contribution in [0.3, 0.4) is 0 Å². The molecular weight excluding hydrogens is 544 g/mol. The summed E-state index contributed by atoms with van der Waals surface area (Å²) in [4.78, 5) is 37.2. The van der Waals surface area contributed by atoms with Gasteiger partial charge >= 0.3 is 12.0 Å². The first-order chi connectivity index (χ1) is 20.3. The second-order valence-electron chi connectivity index (χ2n) is 8.92. The zero-order valence-corrected chi connectivity index (χ0v) is 24.4. The number of hydrazone groups is 1. The van der Waals surface area contributed by atoms with Crippen molar-refractivity contribution in [2.75, 3.05) is 34.0 Å². The fraction of sp³-hybridized carbons (Fsp3) is 0.333. The predicted octanol–water partition coefficient (Wildman–Crippen LogP) is 3.55. The molecule has 3 N–H and O–H groups in total. The number of nitrogens with one attached hydrogen (secondary N) is 3. The van der Waals surface area contributed by atoms with Crippen LogP contribution in [0.25, 0.3) is 0 Å². The van der Waals surface area contributed by atoms with E-state index in [0.717, 1.165) is 5.56 Å². The van der Waals surface area contributed by atoms with E-state index in [2.05, 4.69) is 27.7 Å². The fourth-order valence-electron chi connectivity index (χ4n) is 4.32. The lowest BCUT2D eigenvalue weighted by Gasteiger charge is -2.28. The van der Waals surface area contributed by atoms with Crippen molar-refractivity contribution in [1.29, 1.82) is 0 Å². The molecule has 0 unspecified atom stereocenters. The van der Waals surface area contributed by atoms with Crippen LogP contribution in [0.4, 0.5) is 4.79 Å². The number of allylic oxidation sites excluding steroid dienone is 2. The standard InChI is InChI=1S/C30H36N4O8/c1-7-10-21-13-19(14-24(40-8-2)28(21)39-6)16-31-34-25(35)17-42-22-12-11-20(15-23(22)38-5)27-26(29(36)41-9-3)18(4)32-30(37)33-27/h7,11-16,27H,1,8-10,17H2,2-6H3,(H,34,35)(H2,32,33,37)/b31-16-/t27-/m0/s1. The van der Waals surface area contributed by atoms with Crippen LogP contribution in [0.5, 0.6) is 23.0 Å². The molecule has 224 valence electrons. The largest absolute Gasteiger partial charge is 0.493 e. The summed E-state index contributed by atoms with van der Waals surface area (Å²) in [5.41, 5.74) is 5.22. The highest BCUT2D eigenvalue weighted by molar-refractivity contribution is 5.95. The van der Waals surface area contributed by atoms with Gasteiger partial charge in [-0.25, -0.2) is 15.0 Å². The molecule has 1 heterocycles. The molecule has 0 aromatic heterocycles. The Morgan fingerprint density at radius 1 is 1.05 bits per heavy atom. The van der Waals surface area contributed by atoms with Crippen LogP contribution in [-0.2, 0) is 20.7 Å². The number of benzene rings is 2. The molecule has 12 nitrogen and oxygen atoms in total. The quantitative estimate of drug-likeness (QED) is 0.133. The molecule has 1 atom stereocenters. The minimum Gasteiger partial charge on any atom is -0.493 e. The van der Waals surface area contributed by atoms with Crippen LogP contribution in [0.15, 0.2) is 59.4 Å². The van der Waals surface area contributed by atoms with Gasteiger partial charge in [0.05, 0.1) is 45.3 Å².